The third-order valence-electron chi connectivity index (χ3n) is 7.45. The van der Waals surface area contributed by atoms with Crippen LogP contribution in [0.4, 0.5) is 4.39 Å². The number of carbonyl (C=O) groups excluding carboxylic acids is 1. The summed E-state index contributed by atoms with van der Waals surface area (Å²) in [5.41, 5.74) is 4.25. The van der Waals surface area contributed by atoms with Crippen molar-refractivity contribution >= 4 is 16.9 Å². The molecule has 0 saturated carbocycles. The second kappa shape index (κ2) is 6.24. The summed E-state index contributed by atoms with van der Waals surface area (Å²) >= 11 is 0. The SMILES string of the molecule is Cc1c(F)cc2nc3c(c4c2c1CCC4(C)CO)Cn1c-3cc2c(c1=O)COC(=O)C2O. The average Bonchev–Trinajstić information content (AvgIpc) is 3.14. The molecule has 6 rings (SSSR count). The van der Waals surface area contributed by atoms with E-state index in [0.717, 1.165) is 22.1 Å². The van der Waals surface area contributed by atoms with Crippen LogP contribution >= 0.6 is 0 Å². The molecule has 4 heterocycles. The van der Waals surface area contributed by atoms with Crippen molar-refractivity contribution < 1.29 is 24.1 Å². The van der Waals surface area contributed by atoms with Crippen LogP contribution in [0.5, 0.6) is 0 Å². The molecule has 7 nitrogen and oxygen atoms in total. The number of benzene rings is 1. The highest BCUT2D eigenvalue weighted by Gasteiger charge is 2.41. The van der Waals surface area contributed by atoms with Crippen molar-refractivity contribution in [2.45, 2.75) is 51.4 Å². The summed E-state index contributed by atoms with van der Waals surface area (Å²) in [5.74, 6) is -1.13. The number of fused-ring (bicyclic) bond motifs is 5. The first-order valence-electron chi connectivity index (χ1n) is 10.6. The number of hydrogen-bond acceptors (Lipinski definition) is 6. The van der Waals surface area contributed by atoms with E-state index in [1.165, 1.54) is 6.07 Å². The summed E-state index contributed by atoms with van der Waals surface area (Å²) in [6, 6.07) is 3.02. The number of rotatable bonds is 1. The largest absolute Gasteiger partial charge is 0.458 e. The van der Waals surface area contributed by atoms with Gasteiger partial charge < -0.3 is 19.5 Å². The first-order valence-corrected chi connectivity index (χ1v) is 10.6. The molecule has 0 fully saturated rings. The van der Waals surface area contributed by atoms with Crippen molar-refractivity contribution in [2.75, 3.05) is 6.61 Å². The molecule has 2 aliphatic heterocycles. The average molecular weight is 436 g/mol. The van der Waals surface area contributed by atoms with Crippen LogP contribution in [0.1, 0.15) is 52.8 Å². The Balaban J connectivity index is 1.72. The molecule has 2 unspecified atom stereocenters. The highest BCUT2D eigenvalue weighted by molar-refractivity contribution is 5.93. The lowest BCUT2D eigenvalue weighted by molar-refractivity contribution is -0.157. The number of cyclic esters (lactones) is 1. The minimum absolute atomic E-state index is 0.0861. The number of aromatic nitrogens is 2. The number of esters is 1. The van der Waals surface area contributed by atoms with Gasteiger partial charge in [0.1, 0.15) is 12.4 Å². The maximum absolute atomic E-state index is 14.7. The van der Waals surface area contributed by atoms with Crippen LogP contribution in [0.15, 0.2) is 16.9 Å². The fraction of sp³-hybridized carbons (Fsp3) is 0.375. The van der Waals surface area contributed by atoms with Gasteiger partial charge in [-0.15, -0.1) is 0 Å². The van der Waals surface area contributed by atoms with E-state index in [2.05, 4.69) is 0 Å². The van der Waals surface area contributed by atoms with E-state index in [4.69, 9.17) is 9.72 Å². The second-order valence-corrected chi connectivity index (χ2v) is 9.25. The Kier molecular flexibility index (Phi) is 3.81. The van der Waals surface area contributed by atoms with E-state index in [0.29, 0.717) is 35.3 Å². The van der Waals surface area contributed by atoms with Crippen molar-refractivity contribution in [1.29, 1.82) is 0 Å². The Morgan fingerprint density at radius 2 is 2.06 bits per heavy atom. The number of aryl methyl sites for hydroxylation is 1. The zero-order valence-electron chi connectivity index (χ0n) is 17.7. The maximum atomic E-state index is 14.7. The van der Waals surface area contributed by atoms with Crippen molar-refractivity contribution in [2.24, 2.45) is 0 Å². The summed E-state index contributed by atoms with van der Waals surface area (Å²) in [5, 5.41) is 21.5. The van der Waals surface area contributed by atoms with Crippen LogP contribution < -0.4 is 5.56 Å². The first-order chi connectivity index (χ1) is 15.2. The lowest BCUT2D eigenvalue weighted by Crippen LogP contribution is -2.33. The van der Waals surface area contributed by atoms with E-state index in [1.807, 2.05) is 6.92 Å². The van der Waals surface area contributed by atoms with E-state index < -0.39 is 17.5 Å². The third-order valence-corrected chi connectivity index (χ3v) is 7.45. The fourth-order valence-electron chi connectivity index (χ4n) is 5.60. The minimum atomic E-state index is -1.53. The topological polar surface area (TPSA) is 102 Å². The standard InChI is InChI=1S/C24H21FN2O5/c1-10-11-3-4-24(2,9-28)19-13-7-27-17(20(13)26-16(18(11)19)6-15(10)25)5-12-14(22(27)30)8-32-23(31)21(12)29/h5-6,21,28-29H,3-4,7-9H2,1-2H3. The van der Waals surface area contributed by atoms with Gasteiger partial charge in [0.15, 0.2) is 6.10 Å². The van der Waals surface area contributed by atoms with Crippen LogP contribution in [-0.4, -0.2) is 32.3 Å². The molecule has 1 aliphatic carbocycles. The highest BCUT2D eigenvalue weighted by Crippen LogP contribution is 2.48. The number of nitrogens with zero attached hydrogens (tertiary/aromatic N) is 2. The Bertz CT molecular complexity index is 1440. The minimum Gasteiger partial charge on any atom is -0.458 e. The number of aliphatic hydroxyl groups excluding tert-OH is 2. The Labute approximate surface area is 182 Å². The molecule has 3 aromatic rings. The fourth-order valence-corrected chi connectivity index (χ4v) is 5.60. The van der Waals surface area contributed by atoms with Gasteiger partial charge >= 0.3 is 5.97 Å². The second-order valence-electron chi connectivity index (χ2n) is 9.25. The summed E-state index contributed by atoms with van der Waals surface area (Å²) in [6.07, 6.45) is -0.248. The van der Waals surface area contributed by atoms with Gasteiger partial charge in [-0.25, -0.2) is 14.2 Å². The summed E-state index contributed by atoms with van der Waals surface area (Å²) in [7, 11) is 0. The molecule has 2 N–H and O–H groups in total. The molecule has 1 aromatic carbocycles. The van der Waals surface area contributed by atoms with Crippen LogP contribution in [0.25, 0.3) is 22.3 Å². The molecule has 0 radical (unpaired) electrons. The van der Waals surface area contributed by atoms with Gasteiger partial charge in [0.2, 0.25) is 0 Å². The molecule has 32 heavy (non-hydrogen) atoms. The zero-order chi connectivity index (χ0) is 22.5. The molecule has 2 atom stereocenters. The van der Waals surface area contributed by atoms with Gasteiger partial charge in [-0.05, 0) is 42.5 Å². The van der Waals surface area contributed by atoms with Crippen LogP contribution in [0.2, 0.25) is 0 Å². The molecule has 3 aliphatic rings. The van der Waals surface area contributed by atoms with E-state index in [1.54, 1.807) is 17.6 Å². The number of aliphatic hydroxyl groups is 2. The summed E-state index contributed by atoms with van der Waals surface area (Å²) in [6.45, 7) is 3.72. The predicted octanol–water partition coefficient (Wildman–Crippen LogP) is 2.16. The number of halogens is 1. The maximum Gasteiger partial charge on any atom is 0.340 e. The Morgan fingerprint density at radius 3 is 2.81 bits per heavy atom. The monoisotopic (exact) mass is 436 g/mol. The van der Waals surface area contributed by atoms with E-state index in [-0.39, 0.29) is 42.3 Å². The summed E-state index contributed by atoms with van der Waals surface area (Å²) < 4.78 is 21.2. The van der Waals surface area contributed by atoms with Crippen LogP contribution in [0, 0.1) is 12.7 Å². The van der Waals surface area contributed by atoms with Crippen molar-refractivity contribution in [3.8, 4) is 11.4 Å². The van der Waals surface area contributed by atoms with Crippen LogP contribution in [-0.2, 0) is 34.5 Å². The van der Waals surface area contributed by atoms with E-state index in [9.17, 15) is 24.2 Å². The Hall–Kier alpha value is -3.10. The van der Waals surface area contributed by atoms with Gasteiger partial charge in [0.25, 0.3) is 5.56 Å². The smallest absolute Gasteiger partial charge is 0.340 e. The lowest BCUT2D eigenvalue weighted by Gasteiger charge is -2.36. The number of pyridine rings is 2. The Morgan fingerprint density at radius 1 is 1.28 bits per heavy atom. The molecule has 0 bridgehead atoms. The third kappa shape index (κ3) is 2.28. The van der Waals surface area contributed by atoms with E-state index >= 15 is 0 Å². The molecule has 8 heteroatoms. The highest BCUT2D eigenvalue weighted by atomic mass is 19.1. The molecular formula is C24H21FN2O5. The number of carbonyl (C=O) groups is 1. The quantitative estimate of drug-likeness (QED) is 0.444. The normalized spacial score (nSPS) is 23.0. The molecule has 0 saturated heterocycles. The molecular weight excluding hydrogens is 415 g/mol. The molecule has 164 valence electrons. The summed E-state index contributed by atoms with van der Waals surface area (Å²) in [4.78, 5) is 29.9. The van der Waals surface area contributed by atoms with Gasteiger partial charge in [0.05, 0.1) is 35.6 Å². The van der Waals surface area contributed by atoms with Crippen molar-refractivity contribution in [3.05, 3.63) is 61.7 Å². The van der Waals surface area contributed by atoms with Gasteiger partial charge in [-0.2, -0.15) is 0 Å². The first kappa shape index (κ1) is 19.6. The molecule has 0 spiro atoms. The van der Waals surface area contributed by atoms with Gasteiger partial charge in [-0.1, -0.05) is 6.92 Å². The molecule has 0 amide bonds. The number of ether oxygens (including phenoxy) is 1. The molecule has 2 aromatic heterocycles. The van der Waals surface area contributed by atoms with Crippen molar-refractivity contribution in [3.63, 3.8) is 0 Å². The lowest BCUT2D eigenvalue weighted by atomic mass is 9.69. The van der Waals surface area contributed by atoms with Gasteiger partial charge in [0, 0.05) is 28.0 Å². The number of hydrogen-bond donors (Lipinski definition) is 2. The zero-order valence-corrected chi connectivity index (χ0v) is 17.7. The van der Waals surface area contributed by atoms with Gasteiger partial charge in [-0.3, -0.25) is 4.79 Å². The predicted molar refractivity (Wildman–Crippen MR) is 113 cm³/mol. The van der Waals surface area contributed by atoms with Crippen LogP contribution in [0.3, 0.4) is 0 Å². The van der Waals surface area contributed by atoms with Crippen molar-refractivity contribution in [1.82, 2.24) is 9.55 Å².